The van der Waals surface area contributed by atoms with Gasteiger partial charge in [0.2, 0.25) is 10.4 Å². The van der Waals surface area contributed by atoms with E-state index in [4.69, 9.17) is 0 Å². The van der Waals surface area contributed by atoms with Gasteiger partial charge in [-0.2, -0.15) is 0 Å². The van der Waals surface area contributed by atoms with Gasteiger partial charge in [0.05, 0.1) is 6.61 Å². The second-order valence-corrected chi connectivity index (χ2v) is 12.7. The van der Waals surface area contributed by atoms with E-state index in [-0.39, 0.29) is 42.1 Å². The van der Waals surface area contributed by atoms with Gasteiger partial charge in [0.1, 0.15) is 0 Å². The molecule has 0 spiro atoms. The average Bonchev–Trinajstić information content (AvgIpc) is 2.87. The van der Waals surface area contributed by atoms with E-state index in [0.29, 0.717) is 0 Å². The summed E-state index contributed by atoms with van der Waals surface area (Å²) in [6.45, 7) is 4.59. The Morgan fingerprint density at radius 2 is 0.711 bits per heavy atom. The topological polar surface area (TPSA) is 66.4 Å². The van der Waals surface area contributed by atoms with E-state index in [0.717, 1.165) is 25.7 Å². The van der Waals surface area contributed by atoms with Crippen LogP contribution in [0.4, 0.5) is 0 Å². The first-order chi connectivity index (χ1) is 18.0. The molecule has 0 N–H and O–H groups in total. The average molecular weight is 569 g/mol. The fourth-order valence-electron chi connectivity index (χ4n) is 5.39. The van der Waals surface area contributed by atoms with E-state index in [9.17, 15) is 13.0 Å². The third kappa shape index (κ3) is 34.9. The minimum absolute atomic E-state index is 0. The van der Waals surface area contributed by atoms with Crippen molar-refractivity contribution in [1.29, 1.82) is 0 Å². The molecule has 0 saturated carbocycles. The molecule has 4 nitrogen and oxygen atoms in total. The smallest absolute Gasteiger partial charge is 0.726 e. The Balaban J connectivity index is 0. The van der Waals surface area contributed by atoms with E-state index in [1.165, 1.54) is 154 Å². The first kappa shape index (κ1) is 41.0. The molecule has 0 aromatic rings. The molecule has 0 saturated heterocycles. The second-order valence-electron chi connectivity index (χ2n) is 11.6. The molecule has 0 rings (SSSR count). The van der Waals surface area contributed by atoms with Crippen molar-refractivity contribution in [3.8, 4) is 0 Å². The van der Waals surface area contributed by atoms with E-state index < -0.39 is 10.4 Å². The Kier molecular flexibility index (Phi) is 34.9. The third-order valence-electron chi connectivity index (χ3n) is 7.88. The third-order valence-corrected chi connectivity index (χ3v) is 8.30. The molecule has 0 heterocycles. The van der Waals surface area contributed by atoms with Crippen molar-refractivity contribution in [2.75, 3.05) is 6.61 Å². The molecule has 0 aliphatic rings. The van der Waals surface area contributed by atoms with Crippen LogP contribution in [0.2, 0.25) is 0 Å². The molecule has 0 aromatic carbocycles. The van der Waals surface area contributed by atoms with Gasteiger partial charge in [0.25, 0.3) is 0 Å². The number of rotatable bonds is 31. The van der Waals surface area contributed by atoms with Gasteiger partial charge in [-0.25, -0.2) is 8.42 Å². The summed E-state index contributed by atoms with van der Waals surface area (Å²) in [5.74, 6) is 0.199. The van der Waals surface area contributed by atoms with Gasteiger partial charge in [0, 0.05) is 0 Å². The summed E-state index contributed by atoms with van der Waals surface area (Å²) in [4.78, 5) is 0. The van der Waals surface area contributed by atoms with Gasteiger partial charge in [-0.3, -0.25) is 4.18 Å². The standard InChI is InChI=1S/C32H66O4S.Na/c1-3-5-7-9-11-13-14-15-16-17-18-19-20-21-22-24-26-28-30-32(31-36-37(33,34)35)29-27-25-23-12-10-8-6-4-2;/h32H,3-31H2,1-2H3,(H,33,34,35);/q;+1/p-1. The van der Waals surface area contributed by atoms with Crippen molar-refractivity contribution >= 4 is 10.4 Å². The predicted octanol–water partition coefficient (Wildman–Crippen LogP) is 8.05. The van der Waals surface area contributed by atoms with Crippen molar-refractivity contribution in [2.24, 2.45) is 5.92 Å². The van der Waals surface area contributed by atoms with Crippen LogP contribution in [0.15, 0.2) is 0 Å². The molecule has 0 aromatic heterocycles. The van der Waals surface area contributed by atoms with Crippen LogP contribution < -0.4 is 29.6 Å². The maximum absolute atomic E-state index is 10.9. The number of hydrogen-bond donors (Lipinski definition) is 0. The van der Waals surface area contributed by atoms with Crippen LogP contribution in [0, 0.1) is 5.92 Å². The van der Waals surface area contributed by atoms with Crippen LogP contribution in [0.3, 0.4) is 0 Å². The largest absolute Gasteiger partial charge is 1.00 e. The Labute approximate surface area is 261 Å². The molecular weight excluding hydrogens is 503 g/mol. The molecule has 0 aliphatic carbocycles. The fourth-order valence-corrected chi connectivity index (χ4v) is 5.75. The molecule has 1 unspecified atom stereocenters. The molecule has 0 radical (unpaired) electrons. The molecule has 38 heavy (non-hydrogen) atoms. The van der Waals surface area contributed by atoms with Crippen molar-refractivity contribution in [1.82, 2.24) is 0 Å². The summed E-state index contributed by atoms with van der Waals surface area (Å²) in [6, 6.07) is 0. The van der Waals surface area contributed by atoms with Gasteiger partial charge >= 0.3 is 29.6 Å². The number of unbranched alkanes of at least 4 members (excludes halogenated alkanes) is 24. The zero-order valence-corrected chi connectivity index (χ0v) is 28.9. The van der Waals surface area contributed by atoms with Gasteiger partial charge in [-0.1, -0.05) is 181 Å². The zero-order chi connectivity index (χ0) is 27.3. The van der Waals surface area contributed by atoms with Crippen molar-refractivity contribution in [3.63, 3.8) is 0 Å². The molecule has 0 bridgehead atoms. The molecule has 1 atom stereocenters. The molecule has 6 heteroatoms. The molecule has 0 aliphatic heterocycles. The molecule has 224 valence electrons. The van der Waals surface area contributed by atoms with Crippen LogP contribution in [0.5, 0.6) is 0 Å². The van der Waals surface area contributed by atoms with E-state index in [1.807, 2.05) is 0 Å². The number of hydrogen-bond acceptors (Lipinski definition) is 4. The van der Waals surface area contributed by atoms with Crippen molar-refractivity contribution in [2.45, 2.75) is 194 Å². The summed E-state index contributed by atoms with van der Waals surface area (Å²) in [7, 11) is -4.58. The zero-order valence-electron chi connectivity index (χ0n) is 26.1. The summed E-state index contributed by atoms with van der Waals surface area (Å²) in [6.07, 6.45) is 36.7. The van der Waals surface area contributed by atoms with E-state index >= 15 is 0 Å². The molecule has 0 amide bonds. The molecular formula is C32H65NaO4S. The normalized spacial score (nSPS) is 12.5. The van der Waals surface area contributed by atoms with Gasteiger partial charge in [-0.15, -0.1) is 0 Å². The maximum atomic E-state index is 10.9. The van der Waals surface area contributed by atoms with Gasteiger partial charge in [0.15, 0.2) is 0 Å². The SMILES string of the molecule is CCCCCCCCCCCCCCCCCCCCC(CCCCCCCCCC)COS(=O)(=O)[O-].[Na+]. The Bertz CT molecular complexity index is 542. The first-order valence-electron chi connectivity index (χ1n) is 16.6. The molecule has 0 fully saturated rings. The van der Waals surface area contributed by atoms with Crippen LogP contribution >= 0.6 is 0 Å². The fraction of sp³-hybridized carbons (Fsp3) is 1.00. The quantitative estimate of drug-likeness (QED) is 0.0367. The summed E-state index contributed by atoms with van der Waals surface area (Å²) >= 11 is 0. The van der Waals surface area contributed by atoms with Crippen LogP contribution in [-0.2, 0) is 14.6 Å². The summed E-state index contributed by atoms with van der Waals surface area (Å²) < 4.78 is 37.3. The van der Waals surface area contributed by atoms with Crippen LogP contribution in [0.1, 0.15) is 194 Å². The van der Waals surface area contributed by atoms with E-state index in [2.05, 4.69) is 18.0 Å². The Morgan fingerprint density at radius 3 is 0.947 bits per heavy atom. The van der Waals surface area contributed by atoms with E-state index in [1.54, 1.807) is 0 Å². The minimum Gasteiger partial charge on any atom is -0.726 e. The summed E-state index contributed by atoms with van der Waals surface area (Å²) in [5, 5.41) is 0. The van der Waals surface area contributed by atoms with Crippen LogP contribution in [0.25, 0.3) is 0 Å². The van der Waals surface area contributed by atoms with Gasteiger partial charge in [-0.05, 0) is 18.8 Å². The minimum atomic E-state index is -4.58. The first-order valence-corrected chi connectivity index (χ1v) is 17.9. The summed E-state index contributed by atoms with van der Waals surface area (Å²) in [5.41, 5.74) is 0. The van der Waals surface area contributed by atoms with Gasteiger partial charge < -0.3 is 4.55 Å². The van der Waals surface area contributed by atoms with Crippen LogP contribution in [-0.4, -0.2) is 19.6 Å². The van der Waals surface area contributed by atoms with Crippen molar-refractivity contribution in [3.05, 3.63) is 0 Å². The predicted molar refractivity (Wildman–Crippen MR) is 160 cm³/mol. The van der Waals surface area contributed by atoms with Crippen molar-refractivity contribution < 1.29 is 46.7 Å². The maximum Gasteiger partial charge on any atom is 1.00 e. The Hall–Kier alpha value is 0.870. The monoisotopic (exact) mass is 568 g/mol. The second kappa shape index (κ2) is 32.4. The Morgan fingerprint density at radius 1 is 0.474 bits per heavy atom.